The number of thioether (sulfide) groups is 1. The molecule has 0 aliphatic heterocycles. The summed E-state index contributed by atoms with van der Waals surface area (Å²) in [7, 11) is 0. The maximum atomic E-state index is 12.5. The molecule has 1 aromatic heterocycles. The predicted octanol–water partition coefficient (Wildman–Crippen LogP) is 5.33. The third-order valence-corrected chi connectivity index (χ3v) is 5.84. The molecule has 0 bridgehead atoms. The van der Waals surface area contributed by atoms with Crippen LogP contribution in [0.2, 0.25) is 0 Å². The molecule has 0 fully saturated rings. The highest BCUT2D eigenvalue weighted by Crippen LogP contribution is 2.27. The van der Waals surface area contributed by atoms with Gasteiger partial charge in [0.15, 0.2) is 17.1 Å². The lowest BCUT2D eigenvalue weighted by molar-refractivity contribution is -0.113. The molecule has 0 saturated heterocycles. The average molecular weight is 505 g/mol. The number of amides is 1. The van der Waals surface area contributed by atoms with Crippen molar-refractivity contribution in [3.63, 3.8) is 0 Å². The lowest BCUT2D eigenvalue weighted by Crippen LogP contribution is -2.16. The minimum atomic E-state index is -0.283. The van der Waals surface area contributed by atoms with Gasteiger partial charge in [0, 0.05) is 11.0 Å². The highest BCUT2D eigenvalue weighted by molar-refractivity contribution is 9.10. The quantitative estimate of drug-likeness (QED) is 0.376. The molecule has 1 amide bonds. The lowest BCUT2D eigenvalue weighted by Gasteiger charge is -2.15. The van der Waals surface area contributed by atoms with Crippen LogP contribution in [0, 0.1) is 0 Å². The largest absolute Gasteiger partial charge is 0.492 e. The predicted molar refractivity (Wildman–Crippen MR) is 126 cm³/mol. The Hall–Kier alpha value is -2.52. The first kappa shape index (κ1) is 23.1. The summed E-state index contributed by atoms with van der Waals surface area (Å²) in [6.45, 7) is 7.06. The maximum Gasteiger partial charge on any atom is 0.234 e. The lowest BCUT2D eigenvalue weighted by atomic mass is 10.3. The van der Waals surface area contributed by atoms with Crippen molar-refractivity contribution >= 4 is 39.3 Å². The third-order valence-electron chi connectivity index (χ3n) is 4.35. The monoisotopic (exact) mass is 504 g/mol. The Labute approximate surface area is 194 Å². The van der Waals surface area contributed by atoms with Crippen molar-refractivity contribution in [3.8, 4) is 11.5 Å². The molecule has 1 unspecified atom stereocenters. The number of halogens is 1. The molecule has 9 heteroatoms. The van der Waals surface area contributed by atoms with Gasteiger partial charge in [0.1, 0.15) is 11.5 Å². The van der Waals surface area contributed by atoms with Gasteiger partial charge in [-0.25, -0.2) is 0 Å². The van der Waals surface area contributed by atoms with E-state index in [9.17, 15) is 4.79 Å². The molecule has 2 aromatic carbocycles. The molecule has 1 N–H and O–H groups in total. The number of nitrogens with zero attached hydrogens (tertiary/aromatic N) is 3. The number of aromatic nitrogens is 3. The molecule has 0 radical (unpaired) electrons. The van der Waals surface area contributed by atoms with Gasteiger partial charge in [-0.3, -0.25) is 4.79 Å². The van der Waals surface area contributed by atoms with Crippen LogP contribution in [-0.4, -0.2) is 33.0 Å². The van der Waals surface area contributed by atoms with Gasteiger partial charge in [-0.1, -0.05) is 39.8 Å². The van der Waals surface area contributed by atoms with Gasteiger partial charge in [0.25, 0.3) is 0 Å². The Bertz CT molecular complexity index is 1010. The molecule has 31 heavy (non-hydrogen) atoms. The second-order valence-corrected chi connectivity index (χ2v) is 8.42. The van der Waals surface area contributed by atoms with Gasteiger partial charge in [0.2, 0.25) is 5.91 Å². The van der Waals surface area contributed by atoms with E-state index < -0.39 is 0 Å². The van der Waals surface area contributed by atoms with E-state index in [1.807, 2.05) is 73.9 Å². The second kappa shape index (κ2) is 11.2. The van der Waals surface area contributed by atoms with Crippen LogP contribution in [-0.2, 0) is 11.3 Å². The Morgan fingerprint density at radius 2 is 1.90 bits per heavy atom. The Balaban J connectivity index is 1.63. The second-order valence-electron chi connectivity index (χ2n) is 6.57. The Morgan fingerprint density at radius 1 is 1.16 bits per heavy atom. The van der Waals surface area contributed by atoms with Crippen molar-refractivity contribution in [2.75, 3.05) is 17.7 Å². The van der Waals surface area contributed by atoms with Gasteiger partial charge in [0.05, 0.1) is 18.0 Å². The zero-order valence-electron chi connectivity index (χ0n) is 17.7. The van der Waals surface area contributed by atoms with Crippen LogP contribution >= 0.6 is 27.7 Å². The summed E-state index contributed by atoms with van der Waals surface area (Å²) in [6, 6.07) is 15.0. The summed E-state index contributed by atoms with van der Waals surface area (Å²) in [5.74, 6) is 2.20. The van der Waals surface area contributed by atoms with E-state index >= 15 is 0 Å². The van der Waals surface area contributed by atoms with Gasteiger partial charge >= 0.3 is 0 Å². The number of hydrogen-bond donors (Lipinski definition) is 1. The summed E-state index contributed by atoms with van der Waals surface area (Å²) in [5, 5.41) is 12.2. The van der Waals surface area contributed by atoms with E-state index in [1.54, 1.807) is 0 Å². The van der Waals surface area contributed by atoms with Crippen LogP contribution in [0.4, 0.5) is 5.69 Å². The first-order valence-corrected chi connectivity index (χ1v) is 11.8. The molecule has 3 rings (SSSR count). The van der Waals surface area contributed by atoms with Crippen molar-refractivity contribution in [2.45, 2.75) is 38.6 Å². The Kier molecular flexibility index (Phi) is 8.36. The third kappa shape index (κ3) is 6.24. The zero-order valence-corrected chi connectivity index (χ0v) is 20.1. The molecule has 1 heterocycles. The maximum absolute atomic E-state index is 12.5. The zero-order chi connectivity index (χ0) is 22.2. The number of rotatable bonds is 10. The Morgan fingerprint density at radius 3 is 2.61 bits per heavy atom. The van der Waals surface area contributed by atoms with E-state index in [4.69, 9.17) is 9.47 Å². The van der Waals surface area contributed by atoms with Gasteiger partial charge in [-0.2, -0.15) is 0 Å². The number of ether oxygens (including phenoxy) is 2. The van der Waals surface area contributed by atoms with E-state index in [0.29, 0.717) is 29.7 Å². The van der Waals surface area contributed by atoms with Crippen molar-refractivity contribution < 1.29 is 14.3 Å². The molecular weight excluding hydrogens is 480 g/mol. The van der Waals surface area contributed by atoms with E-state index in [-0.39, 0.29) is 17.8 Å². The minimum Gasteiger partial charge on any atom is -0.492 e. The SMILES string of the molecule is CCOc1ccccc1NC(=O)CSc1nnc(C(C)Oc2ccc(Br)cc2)n1CC. The summed E-state index contributed by atoms with van der Waals surface area (Å²) in [6.07, 6.45) is -0.283. The van der Waals surface area contributed by atoms with Crippen LogP contribution in [0.5, 0.6) is 11.5 Å². The van der Waals surface area contributed by atoms with Crippen LogP contribution < -0.4 is 14.8 Å². The number of benzene rings is 2. The molecule has 3 aromatic rings. The number of nitrogens with one attached hydrogen (secondary N) is 1. The standard InChI is InChI=1S/C22H25BrN4O3S/c1-4-27-21(15(3)30-17-12-10-16(23)11-13-17)25-26-22(27)31-14-20(28)24-18-8-6-7-9-19(18)29-5-2/h6-13,15H,4-5,14H2,1-3H3,(H,24,28). The molecule has 0 aliphatic rings. The molecular formula is C22H25BrN4O3S. The molecule has 7 nitrogen and oxygen atoms in total. The normalized spacial score (nSPS) is 11.7. The van der Waals surface area contributed by atoms with E-state index in [1.165, 1.54) is 11.8 Å². The van der Waals surface area contributed by atoms with Gasteiger partial charge < -0.3 is 19.4 Å². The fraction of sp³-hybridized carbons (Fsp3) is 0.318. The van der Waals surface area contributed by atoms with Crippen LogP contribution in [0.1, 0.15) is 32.7 Å². The van der Waals surface area contributed by atoms with E-state index in [2.05, 4.69) is 31.4 Å². The number of para-hydroxylation sites is 2. The fourth-order valence-electron chi connectivity index (χ4n) is 2.94. The van der Waals surface area contributed by atoms with E-state index in [0.717, 1.165) is 16.0 Å². The smallest absolute Gasteiger partial charge is 0.234 e. The van der Waals surface area contributed by atoms with Gasteiger partial charge in [-0.15, -0.1) is 10.2 Å². The first-order valence-electron chi connectivity index (χ1n) is 10.0. The molecule has 0 spiro atoms. The highest BCUT2D eigenvalue weighted by atomic mass is 79.9. The molecule has 0 aliphatic carbocycles. The summed E-state index contributed by atoms with van der Waals surface area (Å²) < 4.78 is 14.5. The van der Waals surface area contributed by atoms with Crippen molar-refractivity contribution in [2.24, 2.45) is 0 Å². The van der Waals surface area contributed by atoms with Crippen molar-refractivity contribution in [1.82, 2.24) is 14.8 Å². The average Bonchev–Trinajstić information content (AvgIpc) is 3.18. The fourth-order valence-corrected chi connectivity index (χ4v) is 4.02. The van der Waals surface area contributed by atoms with Gasteiger partial charge in [-0.05, 0) is 57.2 Å². The summed E-state index contributed by atoms with van der Waals surface area (Å²) in [5.41, 5.74) is 0.657. The van der Waals surface area contributed by atoms with Crippen LogP contribution in [0.25, 0.3) is 0 Å². The summed E-state index contributed by atoms with van der Waals surface area (Å²) >= 11 is 4.76. The summed E-state index contributed by atoms with van der Waals surface area (Å²) in [4.78, 5) is 12.5. The molecule has 164 valence electrons. The number of carbonyl (C=O) groups excluding carboxylic acids is 1. The van der Waals surface area contributed by atoms with Crippen molar-refractivity contribution in [1.29, 1.82) is 0 Å². The van der Waals surface area contributed by atoms with Crippen LogP contribution in [0.15, 0.2) is 58.2 Å². The molecule has 0 saturated carbocycles. The number of anilines is 1. The van der Waals surface area contributed by atoms with Crippen LogP contribution in [0.3, 0.4) is 0 Å². The first-order chi connectivity index (χ1) is 15.0. The number of carbonyl (C=O) groups is 1. The topological polar surface area (TPSA) is 78.3 Å². The molecule has 1 atom stereocenters. The minimum absolute atomic E-state index is 0.136. The van der Waals surface area contributed by atoms with Crippen molar-refractivity contribution in [3.05, 3.63) is 58.8 Å². The highest BCUT2D eigenvalue weighted by Gasteiger charge is 2.19. The number of hydrogen-bond acceptors (Lipinski definition) is 6.